The Bertz CT molecular complexity index is 1730. The normalized spacial score (nSPS) is 13.9. The third-order valence-electron chi connectivity index (χ3n) is 8.38. The lowest BCUT2D eigenvalue weighted by Gasteiger charge is -2.34. The van der Waals surface area contributed by atoms with Gasteiger partial charge in [0.25, 0.3) is 17.7 Å². The van der Waals surface area contributed by atoms with Crippen LogP contribution in [0.5, 0.6) is 11.5 Å². The number of thiazole rings is 1. The number of hydrogen-bond acceptors (Lipinski definition) is 9. The molecule has 0 aliphatic carbocycles. The van der Waals surface area contributed by atoms with Gasteiger partial charge in [0.15, 0.2) is 5.13 Å². The van der Waals surface area contributed by atoms with Crippen LogP contribution in [-0.4, -0.2) is 67.1 Å². The van der Waals surface area contributed by atoms with Crippen molar-refractivity contribution in [1.82, 2.24) is 15.0 Å². The third kappa shape index (κ3) is 8.03. The lowest BCUT2D eigenvalue weighted by atomic mass is 9.90. The number of amides is 3. The minimum absolute atomic E-state index is 0.163. The lowest BCUT2D eigenvalue weighted by Crippen LogP contribution is -2.54. The van der Waals surface area contributed by atoms with Gasteiger partial charge in [-0.25, -0.2) is 9.99 Å². The number of anilines is 1. The Balaban J connectivity index is 1.99. The number of methoxy groups -OCH3 is 2. The fraction of sp³-hybridized carbons (Fsp3) is 0.395. The molecule has 3 amide bonds. The molecule has 0 spiro atoms. The first-order chi connectivity index (χ1) is 23.8. The molecule has 1 aliphatic heterocycles. The van der Waals surface area contributed by atoms with Crippen molar-refractivity contribution in [2.24, 2.45) is 0 Å². The molecule has 0 bridgehead atoms. The summed E-state index contributed by atoms with van der Waals surface area (Å²) < 4.78 is 11.6. The van der Waals surface area contributed by atoms with Gasteiger partial charge < -0.3 is 14.4 Å². The van der Waals surface area contributed by atoms with E-state index < -0.39 is 17.7 Å². The van der Waals surface area contributed by atoms with E-state index in [-0.39, 0.29) is 11.1 Å². The monoisotopic (exact) mass is 683 g/mol. The van der Waals surface area contributed by atoms with Gasteiger partial charge in [-0.2, -0.15) is 10.3 Å². The van der Waals surface area contributed by atoms with Crippen LogP contribution >= 0.6 is 11.3 Å². The van der Waals surface area contributed by atoms with Crippen molar-refractivity contribution >= 4 is 40.3 Å². The zero-order valence-corrected chi connectivity index (χ0v) is 30.1. The first-order valence-electron chi connectivity index (χ1n) is 16.8. The van der Waals surface area contributed by atoms with Gasteiger partial charge in [-0.15, -0.1) is 0 Å². The smallest absolute Gasteiger partial charge is 0.290 e. The van der Waals surface area contributed by atoms with Crippen LogP contribution in [0.1, 0.15) is 81.0 Å². The number of nitrogens with zero attached hydrogens (tertiary/aromatic N) is 5. The Morgan fingerprint density at radius 1 is 0.918 bits per heavy atom. The van der Waals surface area contributed by atoms with Gasteiger partial charge in [-0.05, 0) is 61.6 Å². The van der Waals surface area contributed by atoms with Crippen LogP contribution in [0.2, 0.25) is 0 Å². The molecule has 11 heteroatoms. The molecule has 0 atom stereocenters. The Hall–Kier alpha value is -4.95. The van der Waals surface area contributed by atoms with Gasteiger partial charge in [0, 0.05) is 31.3 Å². The molecular formula is C38H45N5O5S. The number of nitriles is 1. The van der Waals surface area contributed by atoms with Crippen LogP contribution in [0.4, 0.5) is 5.13 Å². The molecule has 258 valence electrons. The molecule has 0 saturated heterocycles. The first-order valence-corrected chi connectivity index (χ1v) is 17.6. The van der Waals surface area contributed by atoms with Crippen LogP contribution in [0.15, 0.2) is 65.3 Å². The topological polar surface area (TPSA) is 116 Å². The predicted octanol–water partition coefficient (Wildman–Crippen LogP) is 7.68. The van der Waals surface area contributed by atoms with Crippen LogP contribution in [-0.2, 0) is 9.59 Å². The van der Waals surface area contributed by atoms with Crippen molar-refractivity contribution in [3.8, 4) is 28.8 Å². The molecule has 0 fully saturated rings. The molecule has 0 radical (unpaired) electrons. The average molecular weight is 684 g/mol. The van der Waals surface area contributed by atoms with E-state index in [0.29, 0.717) is 51.6 Å². The fourth-order valence-electron chi connectivity index (χ4n) is 5.66. The number of aromatic nitrogens is 1. The lowest BCUT2D eigenvalue weighted by molar-refractivity contribution is -0.153. The zero-order chi connectivity index (χ0) is 35.5. The van der Waals surface area contributed by atoms with Crippen molar-refractivity contribution < 1.29 is 23.9 Å². The number of hydrazine groups is 1. The summed E-state index contributed by atoms with van der Waals surface area (Å²) in [6.45, 7) is 7.94. The second kappa shape index (κ2) is 17.4. The molecule has 2 heterocycles. The molecular weight excluding hydrogens is 639 g/mol. The highest BCUT2D eigenvalue weighted by molar-refractivity contribution is 7.17. The summed E-state index contributed by atoms with van der Waals surface area (Å²) in [5, 5.41) is 12.9. The number of rotatable bonds is 16. The van der Waals surface area contributed by atoms with E-state index >= 15 is 0 Å². The number of unbranched alkanes of at least 4 members (excludes halogenated alkanes) is 3. The number of ether oxygens (including phenoxy) is 2. The van der Waals surface area contributed by atoms with Crippen molar-refractivity contribution in [3.63, 3.8) is 0 Å². The fourth-order valence-corrected chi connectivity index (χ4v) is 6.73. The molecule has 49 heavy (non-hydrogen) atoms. The van der Waals surface area contributed by atoms with Crippen LogP contribution in [0.3, 0.4) is 0 Å². The van der Waals surface area contributed by atoms with Crippen LogP contribution in [0.25, 0.3) is 17.3 Å². The Labute approximate surface area is 293 Å². The highest BCUT2D eigenvalue weighted by Crippen LogP contribution is 2.45. The van der Waals surface area contributed by atoms with Crippen LogP contribution < -0.4 is 14.4 Å². The molecule has 0 unspecified atom stereocenters. The Morgan fingerprint density at radius 2 is 1.53 bits per heavy atom. The maximum atomic E-state index is 14.5. The van der Waals surface area contributed by atoms with E-state index in [0.717, 1.165) is 60.3 Å². The second-order valence-corrected chi connectivity index (χ2v) is 12.7. The van der Waals surface area contributed by atoms with E-state index in [1.807, 2.05) is 25.1 Å². The summed E-state index contributed by atoms with van der Waals surface area (Å²) >= 11 is 1.43. The van der Waals surface area contributed by atoms with Gasteiger partial charge >= 0.3 is 0 Å². The molecule has 0 saturated carbocycles. The molecule has 4 rings (SSSR count). The number of hydrogen-bond donors (Lipinski definition) is 0. The molecule has 2 aromatic carbocycles. The zero-order valence-electron chi connectivity index (χ0n) is 29.2. The van der Waals surface area contributed by atoms with Crippen LogP contribution in [0, 0.1) is 11.3 Å². The van der Waals surface area contributed by atoms with Crippen molar-refractivity contribution in [3.05, 3.63) is 75.7 Å². The van der Waals surface area contributed by atoms with Gasteiger partial charge in [-0.3, -0.25) is 14.4 Å². The summed E-state index contributed by atoms with van der Waals surface area (Å²) in [5.41, 5.74) is 1.83. The van der Waals surface area contributed by atoms with E-state index in [1.54, 1.807) is 50.6 Å². The summed E-state index contributed by atoms with van der Waals surface area (Å²) in [5.74, 6) is -0.987. The van der Waals surface area contributed by atoms with Gasteiger partial charge in [0.2, 0.25) is 0 Å². The third-order valence-corrected chi connectivity index (χ3v) is 9.44. The summed E-state index contributed by atoms with van der Waals surface area (Å²) in [6, 6.07) is 16.0. The average Bonchev–Trinajstić information content (AvgIpc) is 3.54. The number of carbonyl (C=O) groups is 3. The molecule has 10 nitrogen and oxygen atoms in total. The molecule has 0 N–H and O–H groups in total. The number of carbonyl (C=O) groups excluding carboxylic acids is 3. The standard InChI is InChI=1S/C38H45N5O5S/c1-7-10-19-27-28(36(45)43(37(46)29(27)25-39)41(4)35(44)26-17-14-13-15-18-26)24-32-34(33-30(47-5)20-16-21-31(33)48-6)40-38(49-32)42(22-11-8-2)23-12-9-3/h13-18,20-21,24H,7-12,19,22-23H2,1-6H3/b28-24-. The van der Waals surface area contributed by atoms with Crippen molar-refractivity contribution in [2.75, 3.05) is 39.3 Å². The maximum Gasteiger partial charge on any atom is 0.290 e. The van der Waals surface area contributed by atoms with Gasteiger partial charge in [-0.1, -0.05) is 75.6 Å². The van der Waals surface area contributed by atoms with Crippen molar-refractivity contribution in [1.29, 1.82) is 5.26 Å². The van der Waals surface area contributed by atoms with Gasteiger partial charge in [0.05, 0.1) is 30.4 Å². The first kappa shape index (κ1) is 36.9. The predicted molar refractivity (Wildman–Crippen MR) is 193 cm³/mol. The Morgan fingerprint density at radius 3 is 2.08 bits per heavy atom. The van der Waals surface area contributed by atoms with Crippen molar-refractivity contribution in [2.45, 2.75) is 65.7 Å². The largest absolute Gasteiger partial charge is 0.496 e. The molecule has 1 aliphatic rings. The minimum Gasteiger partial charge on any atom is -0.496 e. The summed E-state index contributed by atoms with van der Waals surface area (Å²) in [7, 11) is 4.53. The SMILES string of the molecule is CCCCC1=C(C#N)C(=O)N(N(C)C(=O)c2ccccc2)C(=O)/C1=C\c1sc(N(CCCC)CCCC)nc1-c1c(OC)cccc1OC. The van der Waals surface area contributed by atoms with E-state index in [9.17, 15) is 19.6 Å². The maximum absolute atomic E-state index is 14.5. The van der Waals surface area contributed by atoms with E-state index in [1.165, 1.54) is 18.4 Å². The molecule has 1 aromatic heterocycles. The quantitative estimate of drug-likeness (QED) is 0.112. The minimum atomic E-state index is -0.829. The highest BCUT2D eigenvalue weighted by atomic mass is 32.1. The number of benzene rings is 2. The summed E-state index contributed by atoms with van der Waals surface area (Å²) in [4.78, 5) is 49.9. The van der Waals surface area contributed by atoms with E-state index in [4.69, 9.17) is 14.5 Å². The summed E-state index contributed by atoms with van der Waals surface area (Å²) in [6.07, 6.45) is 7.50. The highest BCUT2D eigenvalue weighted by Gasteiger charge is 2.41. The Kier molecular flexibility index (Phi) is 13.1. The number of imide groups is 1. The van der Waals surface area contributed by atoms with Gasteiger partial charge in [0.1, 0.15) is 23.1 Å². The molecule has 3 aromatic rings. The van der Waals surface area contributed by atoms with E-state index in [2.05, 4.69) is 24.8 Å². The second-order valence-electron chi connectivity index (χ2n) is 11.7.